The summed E-state index contributed by atoms with van der Waals surface area (Å²) in [5.41, 5.74) is 4.12. The molecule has 9 heteroatoms. The van der Waals surface area contributed by atoms with E-state index in [1.165, 1.54) is 5.69 Å². The number of ether oxygens (including phenoxy) is 1. The normalized spacial score (nSPS) is 24.9. The third-order valence-corrected chi connectivity index (χ3v) is 8.80. The molecule has 0 spiro atoms. The molecule has 2 heterocycles. The number of sulfonamides is 1. The number of carbonyl (C=O) groups excluding carboxylic acids is 1. The molecule has 1 aromatic rings. The van der Waals surface area contributed by atoms with E-state index < -0.39 is 15.3 Å². The van der Waals surface area contributed by atoms with Crippen molar-refractivity contribution < 1.29 is 17.9 Å². The van der Waals surface area contributed by atoms with E-state index in [2.05, 4.69) is 48.7 Å². The van der Waals surface area contributed by atoms with Gasteiger partial charge in [-0.3, -0.25) is 0 Å². The zero-order valence-corrected chi connectivity index (χ0v) is 21.8. The van der Waals surface area contributed by atoms with Crippen molar-refractivity contribution in [3.8, 4) is 0 Å². The standard InChI is InChI=1S/C24H40N4O4S/c1-15(2)33(30,31)26-21-8-10-27(11-9-21)24(29)25-22-12-17(4)23(13-16(22)3)28-14-18(5)32-20(7)19(28)6/h12-13,15,18-21,26H,8-11,14H2,1-7H3,(H,25,29). The molecule has 0 radical (unpaired) electrons. The van der Waals surface area contributed by atoms with Gasteiger partial charge in [-0.1, -0.05) is 0 Å². The van der Waals surface area contributed by atoms with Gasteiger partial charge in [-0.25, -0.2) is 17.9 Å². The van der Waals surface area contributed by atoms with Gasteiger partial charge in [0.05, 0.1) is 23.5 Å². The smallest absolute Gasteiger partial charge is 0.321 e. The molecule has 2 saturated heterocycles. The summed E-state index contributed by atoms with van der Waals surface area (Å²) in [7, 11) is -3.30. The fraction of sp³-hybridized carbons (Fsp3) is 0.708. The maximum absolute atomic E-state index is 12.9. The number of piperidine rings is 1. The molecular weight excluding hydrogens is 440 g/mol. The lowest BCUT2D eigenvalue weighted by molar-refractivity contribution is -0.0258. The van der Waals surface area contributed by atoms with Crippen molar-refractivity contribution in [3.63, 3.8) is 0 Å². The van der Waals surface area contributed by atoms with Crippen LogP contribution < -0.4 is 14.9 Å². The number of carbonyl (C=O) groups is 1. The molecule has 3 rings (SSSR count). The summed E-state index contributed by atoms with van der Waals surface area (Å²) in [4.78, 5) is 17.1. The van der Waals surface area contributed by atoms with Gasteiger partial charge in [-0.2, -0.15) is 0 Å². The summed E-state index contributed by atoms with van der Waals surface area (Å²) < 4.78 is 33.0. The first-order chi connectivity index (χ1) is 15.4. The third-order valence-electron chi connectivity index (χ3n) is 6.90. The number of aryl methyl sites for hydroxylation is 2. The molecule has 1 aromatic carbocycles. The maximum Gasteiger partial charge on any atom is 0.321 e. The number of nitrogens with zero attached hydrogens (tertiary/aromatic N) is 2. The van der Waals surface area contributed by atoms with Crippen LogP contribution in [0.15, 0.2) is 12.1 Å². The second-order valence-corrected chi connectivity index (χ2v) is 12.2. The minimum absolute atomic E-state index is 0.120. The van der Waals surface area contributed by atoms with Crippen LogP contribution in [-0.4, -0.2) is 68.5 Å². The molecular formula is C24H40N4O4S. The first-order valence-electron chi connectivity index (χ1n) is 12.0. The van der Waals surface area contributed by atoms with Crippen LogP contribution in [0.2, 0.25) is 0 Å². The predicted molar refractivity (Wildman–Crippen MR) is 134 cm³/mol. The number of amides is 2. The van der Waals surface area contributed by atoms with Crippen LogP contribution in [-0.2, 0) is 14.8 Å². The minimum Gasteiger partial charge on any atom is -0.372 e. The molecule has 33 heavy (non-hydrogen) atoms. The van der Waals surface area contributed by atoms with Crippen molar-refractivity contribution in [1.82, 2.24) is 9.62 Å². The van der Waals surface area contributed by atoms with Gasteiger partial charge in [-0.15, -0.1) is 0 Å². The molecule has 3 atom stereocenters. The highest BCUT2D eigenvalue weighted by molar-refractivity contribution is 7.90. The first kappa shape index (κ1) is 25.8. The topological polar surface area (TPSA) is 91.0 Å². The van der Waals surface area contributed by atoms with Gasteiger partial charge in [0.1, 0.15) is 0 Å². The number of anilines is 2. The average molecular weight is 481 g/mol. The Balaban J connectivity index is 1.63. The van der Waals surface area contributed by atoms with Gasteiger partial charge in [0, 0.05) is 37.1 Å². The predicted octanol–water partition coefficient (Wildman–Crippen LogP) is 3.63. The van der Waals surface area contributed by atoms with Crippen LogP contribution in [0.5, 0.6) is 0 Å². The molecule has 2 aliphatic rings. The Morgan fingerprint density at radius 1 is 1.09 bits per heavy atom. The SMILES string of the molecule is Cc1cc(N2CC(C)OC(C)C2C)c(C)cc1NC(=O)N1CCC(NS(=O)(=O)C(C)C)CC1. The lowest BCUT2D eigenvalue weighted by Crippen LogP contribution is -2.52. The van der Waals surface area contributed by atoms with Crippen LogP contribution in [0.4, 0.5) is 16.2 Å². The Hall–Kier alpha value is -1.84. The molecule has 0 aromatic heterocycles. The maximum atomic E-state index is 12.9. The Labute approximate surface area is 199 Å². The van der Waals surface area contributed by atoms with Crippen molar-refractivity contribution in [3.05, 3.63) is 23.3 Å². The fourth-order valence-corrected chi connectivity index (χ4v) is 5.52. The number of likely N-dealkylation sites (tertiary alicyclic amines) is 1. The molecule has 2 amide bonds. The highest BCUT2D eigenvalue weighted by atomic mass is 32.2. The molecule has 2 N–H and O–H groups in total. The number of hydrogen-bond donors (Lipinski definition) is 2. The van der Waals surface area contributed by atoms with Crippen molar-refractivity contribution >= 4 is 27.4 Å². The second kappa shape index (κ2) is 10.2. The molecule has 2 aliphatic heterocycles. The Kier molecular flexibility index (Phi) is 7.96. The van der Waals surface area contributed by atoms with Crippen molar-refractivity contribution in [2.75, 3.05) is 29.9 Å². The van der Waals surface area contributed by atoms with E-state index >= 15 is 0 Å². The van der Waals surface area contributed by atoms with Crippen LogP contribution >= 0.6 is 0 Å². The third kappa shape index (κ3) is 6.00. The van der Waals surface area contributed by atoms with Crippen LogP contribution in [0, 0.1) is 13.8 Å². The number of urea groups is 1. The fourth-order valence-electron chi connectivity index (χ4n) is 4.55. The monoisotopic (exact) mass is 480 g/mol. The van der Waals surface area contributed by atoms with E-state index in [-0.39, 0.29) is 30.3 Å². The van der Waals surface area contributed by atoms with Crippen molar-refractivity contribution in [2.45, 2.75) is 90.8 Å². The summed E-state index contributed by atoms with van der Waals surface area (Å²) in [5, 5.41) is 2.61. The van der Waals surface area contributed by atoms with Gasteiger partial charge in [0.25, 0.3) is 0 Å². The molecule has 186 valence electrons. The Morgan fingerprint density at radius 3 is 2.33 bits per heavy atom. The molecule has 3 unspecified atom stereocenters. The highest BCUT2D eigenvalue weighted by Crippen LogP contribution is 2.32. The van der Waals surface area contributed by atoms with E-state index in [0.29, 0.717) is 25.9 Å². The number of morpholine rings is 1. The van der Waals surface area contributed by atoms with Crippen LogP contribution in [0.25, 0.3) is 0 Å². The molecule has 0 aliphatic carbocycles. The first-order valence-corrected chi connectivity index (χ1v) is 13.5. The van der Waals surface area contributed by atoms with Gasteiger partial charge in [0.15, 0.2) is 0 Å². The van der Waals surface area contributed by atoms with E-state index in [1.54, 1.807) is 18.7 Å². The van der Waals surface area contributed by atoms with Gasteiger partial charge in [-0.05, 0) is 84.6 Å². The zero-order chi connectivity index (χ0) is 24.5. The van der Waals surface area contributed by atoms with E-state index in [4.69, 9.17) is 4.74 Å². The second-order valence-electron chi connectivity index (χ2n) is 9.90. The van der Waals surface area contributed by atoms with Crippen LogP contribution in [0.3, 0.4) is 0 Å². The summed E-state index contributed by atoms with van der Waals surface area (Å²) >= 11 is 0. The summed E-state index contributed by atoms with van der Waals surface area (Å²) in [6.45, 7) is 15.7. The summed E-state index contributed by atoms with van der Waals surface area (Å²) in [6, 6.07) is 4.21. The zero-order valence-electron chi connectivity index (χ0n) is 21.0. The van der Waals surface area contributed by atoms with Crippen LogP contribution in [0.1, 0.15) is 58.6 Å². The molecule has 0 saturated carbocycles. The van der Waals surface area contributed by atoms with Gasteiger partial charge >= 0.3 is 6.03 Å². The van der Waals surface area contributed by atoms with Crippen molar-refractivity contribution in [1.29, 1.82) is 0 Å². The number of benzene rings is 1. The summed E-state index contributed by atoms with van der Waals surface area (Å²) in [5.74, 6) is 0. The largest absolute Gasteiger partial charge is 0.372 e. The summed E-state index contributed by atoms with van der Waals surface area (Å²) in [6.07, 6.45) is 1.55. The number of rotatable bonds is 5. The quantitative estimate of drug-likeness (QED) is 0.672. The highest BCUT2D eigenvalue weighted by Gasteiger charge is 2.31. The van der Waals surface area contributed by atoms with Gasteiger partial charge in [0.2, 0.25) is 10.0 Å². The van der Waals surface area contributed by atoms with E-state index in [9.17, 15) is 13.2 Å². The lowest BCUT2D eigenvalue weighted by atomic mass is 10.0. The Morgan fingerprint density at radius 2 is 1.73 bits per heavy atom. The van der Waals surface area contributed by atoms with E-state index in [0.717, 1.165) is 23.4 Å². The number of nitrogens with one attached hydrogen (secondary N) is 2. The molecule has 0 bridgehead atoms. The number of hydrogen-bond acceptors (Lipinski definition) is 5. The minimum atomic E-state index is -3.30. The van der Waals surface area contributed by atoms with E-state index in [1.807, 2.05) is 13.0 Å². The Bertz CT molecular complexity index is 957. The van der Waals surface area contributed by atoms with Gasteiger partial charge < -0.3 is 19.9 Å². The molecule has 2 fully saturated rings. The van der Waals surface area contributed by atoms with Crippen molar-refractivity contribution in [2.24, 2.45) is 0 Å². The average Bonchev–Trinajstić information content (AvgIpc) is 2.73. The molecule has 8 nitrogen and oxygen atoms in total. The lowest BCUT2D eigenvalue weighted by Gasteiger charge is -2.43.